The summed E-state index contributed by atoms with van der Waals surface area (Å²) in [7, 11) is 0. The summed E-state index contributed by atoms with van der Waals surface area (Å²) < 4.78 is 5.35. The first-order valence-corrected chi connectivity index (χ1v) is 7.90. The summed E-state index contributed by atoms with van der Waals surface area (Å²) in [5.74, 6) is 0.521. The van der Waals surface area contributed by atoms with Gasteiger partial charge in [-0.3, -0.25) is 0 Å². The van der Waals surface area contributed by atoms with Crippen molar-refractivity contribution in [2.45, 2.75) is 39.3 Å². The van der Waals surface area contributed by atoms with Gasteiger partial charge in [0.05, 0.1) is 6.04 Å². The SMILES string of the molecule is Cc1cnc(NCC(NC(=O)OC(C)(C)C)c2ccccc2)nc1. The molecule has 2 rings (SSSR count). The predicted octanol–water partition coefficient (Wildman–Crippen LogP) is 3.46. The zero-order valence-corrected chi connectivity index (χ0v) is 14.5. The first-order valence-electron chi connectivity index (χ1n) is 7.90. The normalized spacial score (nSPS) is 12.3. The third-order valence-corrected chi connectivity index (χ3v) is 3.14. The van der Waals surface area contributed by atoms with Crippen molar-refractivity contribution in [1.82, 2.24) is 15.3 Å². The topological polar surface area (TPSA) is 76.1 Å². The number of hydrogen-bond acceptors (Lipinski definition) is 5. The van der Waals surface area contributed by atoms with E-state index in [1.807, 2.05) is 58.0 Å². The van der Waals surface area contributed by atoms with Gasteiger partial charge in [-0.25, -0.2) is 14.8 Å². The van der Waals surface area contributed by atoms with Crippen LogP contribution in [0.4, 0.5) is 10.7 Å². The van der Waals surface area contributed by atoms with E-state index in [0.717, 1.165) is 11.1 Å². The lowest BCUT2D eigenvalue weighted by molar-refractivity contribution is 0.0506. The standard InChI is InChI=1S/C18H24N4O2/c1-13-10-19-16(20-11-13)21-12-15(14-8-6-5-7-9-14)22-17(23)24-18(2,3)4/h5-11,15H,12H2,1-4H3,(H,22,23)(H,19,20,21). The van der Waals surface area contributed by atoms with Crippen LogP contribution < -0.4 is 10.6 Å². The second kappa shape index (κ2) is 7.77. The van der Waals surface area contributed by atoms with Gasteiger partial charge in [0.25, 0.3) is 0 Å². The van der Waals surface area contributed by atoms with Crippen LogP contribution in [0.2, 0.25) is 0 Å². The number of aryl methyl sites for hydroxylation is 1. The summed E-state index contributed by atoms with van der Waals surface area (Å²) in [6, 6.07) is 9.46. The monoisotopic (exact) mass is 328 g/mol. The molecule has 1 aromatic heterocycles. The number of carbonyl (C=O) groups excluding carboxylic acids is 1. The molecule has 2 N–H and O–H groups in total. The number of alkyl carbamates (subject to hydrolysis) is 1. The van der Waals surface area contributed by atoms with Crippen LogP contribution in [0.5, 0.6) is 0 Å². The van der Waals surface area contributed by atoms with Crippen molar-refractivity contribution in [2.24, 2.45) is 0 Å². The fourth-order valence-electron chi connectivity index (χ4n) is 2.06. The third-order valence-electron chi connectivity index (χ3n) is 3.14. The van der Waals surface area contributed by atoms with E-state index < -0.39 is 11.7 Å². The van der Waals surface area contributed by atoms with E-state index >= 15 is 0 Å². The fourth-order valence-corrected chi connectivity index (χ4v) is 2.06. The van der Waals surface area contributed by atoms with Crippen molar-refractivity contribution in [1.29, 1.82) is 0 Å². The largest absolute Gasteiger partial charge is 0.444 e. The molecule has 0 aliphatic heterocycles. The molecule has 1 amide bonds. The predicted molar refractivity (Wildman–Crippen MR) is 93.8 cm³/mol. The van der Waals surface area contributed by atoms with E-state index in [4.69, 9.17) is 4.74 Å². The van der Waals surface area contributed by atoms with Crippen LogP contribution in [0.3, 0.4) is 0 Å². The van der Waals surface area contributed by atoms with Crippen molar-refractivity contribution in [3.63, 3.8) is 0 Å². The van der Waals surface area contributed by atoms with Crippen LogP contribution in [-0.4, -0.2) is 28.2 Å². The lowest BCUT2D eigenvalue weighted by Crippen LogP contribution is -2.37. The first-order chi connectivity index (χ1) is 11.3. The Balaban J connectivity index is 2.05. The number of benzene rings is 1. The van der Waals surface area contributed by atoms with Gasteiger partial charge in [0, 0.05) is 18.9 Å². The van der Waals surface area contributed by atoms with Gasteiger partial charge in [-0.15, -0.1) is 0 Å². The molecule has 6 nitrogen and oxygen atoms in total. The first kappa shape index (κ1) is 17.7. The zero-order chi connectivity index (χ0) is 17.6. The summed E-state index contributed by atoms with van der Waals surface area (Å²) in [5, 5.41) is 6.04. The molecule has 0 radical (unpaired) electrons. The minimum atomic E-state index is -0.543. The molecular weight excluding hydrogens is 304 g/mol. The molecule has 24 heavy (non-hydrogen) atoms. The number of amides is 1. The number of rotatable bonds is 5. The second-order valence-corrected chi connectivity index (χ2v) is 6.57. The number of ether oxygens (including phenoxy) is 1. The number of nitrogens with one attached hydrogen (secondary N) is 2. The van der Waals surface area contributed by atoms with Gasteiger partial charge in [0.1, 0.15) is 5.60 Å². The van der Waals surface area contributed by atoms with Crippen molar-refractivity contribution in [3.8, 4) is 0 Å². The Bertz CT molecular complexity index is 651. The molecule has 0 aliphatic carbocycles. The molecular formula is C18H24N4O2. The lowest BCUT2D eigenvalue weighted by atomic mass is 10.1. The van der Waals surface area contributed by atoms with Crippen molar-refractivity contribution >= 4 is 12.0 Å². The summed E-state index contributed by atoms with van der Waals surface area (Å²) in [6.07, 6.45) is 3.03. The van der Waals surface area contributed by atoms with E-state index in [9.17, 15) is 4.79 Å². The number of hydrogen-bond donors (Lipinski definition) is 2. The van der Waals surface area contributed by atoms with Crippen LogP contribution in [0.25, 0.3) is 0 Å². The minimum absolute atomic E-state index is 0.258. The highest BCUT2D eigenvalue weighted by molar-refractivity contribution is 5.68. The Hall–Kier alpha value is -2.63. The van der Waals surface area contributed by atoms with Gasteiger partial charge in [-0.05, 0) is 38.8 Å². The highest BCUT2D eigenvalue weighted by Gasteiger charge is 2.20. The van der Waals surface area contributed by atoms with Crippen LogP contribution in [-0.2, 0) is 4.74 Å². The minimum Gasteiger partial charge on any atom is -0.444 e. The van der Waals surface area contributed by atoms with Gasteiger partial charge in [0.15, 0.2) is 0 Å². The van der Waals surface area contributed by atoms with Crippen LogP contribution in [0, 0.1) is 6.92 Å². The Morgan fingerprint density at radius 2 is 1.79 bits per heavy atom. The van der Waals surface area contributed by atoms with Crippen molar-refractivity contribution in [3.05, 3.63) is 53.9 Å². The molecule has 0 saturated carbocycles. The number of carbonyl (C=O) groups is 1. The third kappa shape index (κ3) is 5.87. The van der Waals surface area contributed by atoms with E-state index in [-0.39, 0.29) is 6.04 Å². The number of aromatic nitrogens is 2. The van der Waals surface area contributed by atoms with Crippen LogP contribution >= 0.6 is 0 Å². The highest BCUT2D eigenvalue weighted by Crippen LogP contribution is 2.15. The molecule has 0 spiro atoms. The fraction of sp³-hybridized carbons (Fsp3) is 0.389. The Kier molecular flexibility index (Phi) is 5.73. The maximum Gasteiger partial charge on any atom is 0.408 e. The van der Waals surface area contributed by atoms with E-state index in [2.05, 4.69) is 20.6 Å². The van der Waals surface area contributed by atoms with Crippen LogP contribution in [0.15, 0.2) is 42.7 Å². The molecule has 1 aromatic carbocycles. The molecule has 1 atom stereocenters. The summed E-state index contributed by atoms with van der Waals surface area (Å²) in [6.45, 7) is 7.89. The molecule has 0 aliphatic rings. The van der Waals surface area contributed by atoms with E-state index in [1.54, 1.807) is 12.4 Å². The van der Waals surface area contributed by atoms with E-state index in [0.29, 0.717) is 12.5 Å². The molecule has 1 unspecified atom stereocenters. The molecule has 2 aromatic rings. The van der Waals surface area contributed by atoms with Crippen molar-refractivity contribution in [2.75, 3.05) is 11.9 Å². The van der Waals surface area contributed by atoms with Gasteiger partial charge < -0.3 is 15.4 Å². The highest BCUT2D eigenvalue weighted by atomic mass is 16.6. The Morgan fingerprint density at radius 3 is 2.38 bits per heavy atom. The van der Waals surface area contributed by atoms with Crippen LogP contribution in [0.1, 0.15) is 37.9 Å². The maximum atomic E-state index is 12.1. The number of nitrogens with zero attached hydrogens (tertiary/aromatic N) is 2. The molecule has 0 fully saturated rings. The van der Waals surface area contributed by atoms with Gasteiger partial charge in [-0.2, -0.15) is 0 Å². The van der Waals surface area contributed by atoms with Crippen molar-refractivity contribution < 1.29 is 9.53 Å². The molecule has 0 saturated heterocycles. The average Bonchev–Trinajstić information content (AvgIpc) is 2.52. The van der Waals surface area contributed by atoms with Gasteiger partial charge in [0.2, 0.25) is 5.95 Å². The zero-order valence-electron chi connectivity index (χ0n) is 14.5. The molecule has 1 heterocycles. The maximum absolute atomic E-state index is 12.1. The number of anilines is 1. The molecule has 128 valence electrons. The summed E-state index contributed by atoms with van der Waals surface area (Å²) >= 11 is 0. The molecule has 6 heteroatoms. The molecule has 0 bridgehead atoms. The van der Waals surface area contributed by atoms with Gasteiger partial charge in [-0.1, -0.05) is 30.3 Å². The summed E-state index contributed by atoms with van der Waals surface area (Å²) in [4.78, 5) is 20.5. The van der Waals surface area contributed by atoms with E-state index in [1.165, 1.54) is 0 Å². The smallest absolute Gasteiger partial charge is 0.408 e. The summed E-state index contributed by atoms with van der Waals surface area (Å²) in [5.41, 5.74) is 1.42. The Labute approximate surface area is 142 Å². The quantitative estimate of drug-likeness (QED) is 0.879. The second-order valence-electron chi connectivity index (χ2n) is 6.57. The Morgan fingerprint density at radius 1 is 1.17 bits per heavy atom. The van der Waals surface area contributed by atoms with Gasteiger partial charge >= 0.3 is 6.09 Å². The average molecular weight is 328 g/mol. The lowest BCUT2D eigenvalue weighted by Gasteiger charge is -2.24.